The first-order valence-electron chi connectivity index (χ1n) is 45.9. The number of fused-ring (bicyclic) bond motifs is 30. The molecule has 0 saturated heterocycles. The number of pyridine rings is 8. The number of hydrogen-bond donors (Lipinski definition) is 0. The molecule has 0 fully saturated rings. The Kier molecular flexibility index (Phi) is 27.1. The van der Waals surface area contributed by atoms with Gasteiger partial charge in [0, 0.05) is 188 Å². The van der Waals surface area contributed by atoms with Crippen LogP contribution in [-0.4, -0.2) is 49.8 Å². The minimum atomic E-state index is 0.834. The molecule has 140 heavy (non-hydrogen) atoms. The molecule has 0 amide bonds. The summed E-state index contributed by atoms with van der Waals surface area (Å²) >= 11 is 18.2. The van der Waals surface area contributed by atoms with E-state index >= 15 is 0 Å². The summed E-state index contributed by atoms with van der Waals surface area (Å²) in [5, 5.41) is 16.9. The van der Waals surface area contributed by atoms with Crippen LogP contribution in [0.2, 0.25) is 0 Å². The van der Waals surface area contributed by atoms with E-state index in [1.807, 2.05) is 196 Å². The van der Waals surface area contributed by atoms with Gasteiger partial charge in [-0.25, -0.2) is 15.0 Å². The highest BCUT2D eigenvalue weighted by Gasteiger charge is 2.16. The molecule has 0 aliphatic heterocycles. The van der Waals surface area contributed by atoms with Crippen LogP contribution in [0.1, 0.15) is 55.9 Å². The third-order valence-corrected chi connectivity index (χ3v) is 36.6. The van der Waals surface area contributed by atoms with E-state index in [1.54, 1.807) is 22.7 Å². The van der Waals surface area contributed by atoms with E-state index in [2.05, 4.69) is 379 Å². The fraction of sp³-hybridized carbons (Fsp3) is 0.0833. The summed E-state index contributed by atoms with van der Waals surface area (Å²) in [5.41, 5.74) is 19.8. The van der Waals surface area contributed by atoms with Crippen LogP contribution in [0.15, 0.2) is 365 Å². The molecule has 19 heterocycles. The highest BCUT2D eigenvalue weighted by atomic mass is 32.1. The van der Waals surface area contributed by atoms with Gasteiger partial charge in [0.2, 0.25) is 0 Å². The van der Waals surface area contributed by atoms with Crippen molar-refractivity contribution in [1.29, 1.82) is 0 Å². The number of rotatable bonds is 0. The van der Waals surface area contributed by atoms with Crippen LogP contribution in [-0.2, 0) is 0 Å². The first kappa shape index (κ1) is 92.3. The highest BCUT2D eigenvalue weighted by molar-refractivity contribution is 7.29. The molecule has 0 saturated carbocycles. The lowest BCUT2D eigenvalue weighted by Crippen LogP contribution is -1.84. The van der Waals surface area contributed by atoms with Crippen LogP contribution in [0.3, 0.4) is 0 Å². The molecule has 30 rings (SSSR count). The summed E-state index contributed by atoms with van der Waals surface area (Å²) in [4.78, 5) is 45.0. The number of nitrogens with zero attached hydrogens (tertiary/aromatic N) is 10. The van der Waals surface area contributed by atoms with Crippen molar-refractivity contribution in [1.82, 2.24) is 49.8 Å². The first-order chi connectivity index (χ1) is 68.6. The molecule has 0 spiro atoms. The number of benzene rings is 11. The molecule has 11 aromatic carbocycles. The molecule has 0 N–H and O–H groups in total. The molecule has 680 valence electrons. The van der Waals surface area contributed by atoms with E-state index in [4.69, 9.17) is 0 Å². The topological polar surface area (TPSA) is 129 Å². The third kappa shape index (κ3) is 19.1. The van der Waals surface area contributed by atoms with Crippen LogP contribution in [0.5, 0.6) is 0 Å². The van der Waals surface area contributed by atoms with Gasteiger partial charge < -0.3 is 0 Å². The van der Waals surface area contributed by atoms with E-state index in [-0.39, 0.29) is 0 Å². The van der Waals surface area contributed by atoms with Crippen molar-refractivity contribution >= 4 is 316 Å². The number of thiophene rings is 10. The molecule has 20 heteroatoms. The summed E-state index contributed by atoms with van der Waals surface area (Å²) in [6.07, 6.45) is 18.9. The molecule has 10 nitrogen and oxygen atoms in total. The quantitative estimate of drug-likeness (QED) is 0.145. The molecular formula is C120H90N10S10. The second-order valence-corrected chi connectivity index (χ2v) is 44.7. The fourth-order valence-electron chi connectivity index (χ4n) is 17.5. The summed E-state index contributed by atoms with van der Waals surface area (Å²) in [6, 6.07) is 106. The van der Waals surface area contributed by atoms with Gasteiger partial charge in [0.1, 0.15) is 10.7 Å². The summed E-state index contributed by atoms with van der Waals surface area (Å²) in [5.74, 6) is 0.834. The van der Waals surface area contributed by atoms with Gasteiger partial charge in [0.25, 0.3) is 0 Å². The van der Waals surface area contributed by atoms with Crippen LogP contribution >= 0.6 is 113 Å². The summed E-state index contributed by atoms with van der Waals surface area (Å²) in [6.45, 7) is 21.2. The Morgan fingerprint density at radius 1 is 0.171 bits per heavy atom. The lowest BCUT2D eigenvalue weighted by Gasteiger charge is -1.94. The highest BCUT2D eigenvalue weighted by Crippen LogP contribution is 2.43. The Morgan fingerprint density at radius 2 is 0.529 bits per heavy atom. The Balaban J connectivity index is 0.0000000924. The van der Waals surface area contributed by atoms with Gasteiger partial charge in [-0.2, -0.15) is 0 Å². The monoisotopic (exact) mass is 1990 g/mol. The lowest BCUT2D eigenvalue weighted by molar-refractivity contribution is 1.10. The Hall–Kier alpha value is -14.1. The predicted octanol–water partition coefficient (Wildman–Crippen LogP) is 37.6. The Bertz CT molecular complexity index is 8770. The minimum Gasteiger partial charge on any atom is -0.264 e. The molecular weight excluding hydrogens is 1900 g/mol. The van der Waals surface area contributed by atoms with Gasteiger partial charge >= 0.3 is 0 Å². The molecule has 0 atom stereocenters. The number of hydrogen-bond acceptors (Lipinski definition) is 20. The minimum absolute atomic E-state index is 0.834. The molecule has 0 aliphatic carbocycles. The molecule has 0 unspecified atom stereocenters. The molecule has 0 aliphatic rings. The number of aromatic nitrogens is 10. The zero-order chi connectivity index (χ0) is 95.4. The maximum absolute atomic E-state index is 4.46. The van der Waals surface area contributed by atoms with E-state index < -0.39 is 0 Å². The number of aryl methyl sites for hydroxylation is 10. The third-order valence-electron chi connectivity index (χ3n) is 24.4. The standard InChI is InChI=1S/C13H10S.8C12H9NS.C11H8N2S/c1-9-5-4-7-11-10-6-2-3-8-12(10)14-13(9)11;1-8-4-2-5-9-11-10(14-12(8)9)6-3-7-13-11;1-8-4-2-5-9-11(8)12-10(14-9)6-3-7-13-12;1-8-4-2-5-9-10-6-3-7-13-12(10)14-11(8)9;1-8-4-5-10-9(7-8)12-11(14-10)3-2-6-13-12;1-8-4-5-9-11(7-8)14-10-3-2-6-13-12(9)10;1-8-6-13-7-10-9-4-2-3-5-11(9)14-12(8)10;2*1-8-6-7-13-11-9-4-2-3-5-10(9)14-12(8)11;1-7-12-6-10-11(13-7)8-4-2-3-5-9(8)14-10/h2-8H,1H3;8*2-7H,1H3;2-6H,1H3. The summed E-state index contributed by atoms with van der Waals surface area (Å²) in [7, 11) is 0. The SMILES string of the molecule is Cc1ccc2c(c1)sc1cccnc12.Cc1ccc2sc3cccnc3c2c1.Cc1cccc2c1sc1ccccc12.Cc1cccc2c1sc1cccnc12.Cc1cccc2c1sc1ncccc12.Cc1cccc2sc3cccnc3c12.Cc1ccnc2c1sc1ccccc12.Cc1ccnc2c1sc1ccccc12.Cc1cncc2c1sc1ccccc12.Cc1ncc2sc3ccccc3c2n1. The van der Waals surface area contributed by atoms with Crippen LogP contribution in [0, 0.1) is 69.2 Å². The van der Waals surface area contributed by atoms with E-state index in [0.29, 0.717) is 0 Å². The Morgan fingerprint density at radius 3 is 1.14 bits per heavy atom. The molecule has 0 radical (unpaired) electrons. The Labute approximate surface area is 848 Å². The second-order valence-electron chi connectivity index (χ2n) is 34.1. The van der Waals surface area contributed by atoms with Crippen molar-refractivity contribution in [3.63, 3.8) is 0 Å². The van der Waals surface area contributed by atoms with Crippen molar-refractivity contribution in [2.45, 2.75) is 69.2 Å². The molecule has 0 bridgehead atoms. The van der Waals surface area contributed by atoms with Gasteiger partial charge in [-0.15, -0.1) is 113 Å². The first-order valence-corrected chi connectivity index (χ1v) is 54.0. The second kappa shape index (κ2) is 41.1. The molecule has 30 aromatic rings. The molecule has 19 aromatic heterocycles. The van der Waals surface area contributed by atoms with Crippen molar-refractivity contribution in [3.05, 3.63) is 421 Å². The lowest BCUT2D eigenvalue weighted by atomic mass is 10.1. The van der Waals surface area contributed by atoms with Gasteiger partial charge in [-0.3, -0.25) is 34.9 Å². The maximum Gasteiger partial charge on any atom is 0.125 e. The predicted molar refractivity (Wildman–Crippen MR) is 619 cm³/mol. The van der Waals surface area contributed by atoms with E-state index in [0.717, 1.165) is 54.0 Å². The van der Waals surface area contributed by atoms with Crippen molar-refractivity contribution in [2.75, 3.05) is 0 Å². The van der Waals surface area contributed by atoms with Crippen molar-refractivity contribution < 1.29 is 0 Å². The zero-order valence-corrected chi connectivity index (χ0v) is 86.4. The van der Waals surface area contributed by atoms with Crippen molar-refractivity contribution in [2.24, 2.45) is 0 Å². The van der Waals surface area contributed by atoms with Gasteiger partial charge in [-0.1, -0.05) is 181 Å². The van der Waals surface area contributed by atoms with Crippen LogP contribution in [0.25, 0.3) is 203 Å². The average molecular weight is 1990 g/mol. The maximum atomic E-state index is 4.46. The van der Waals surface area contributed by atoms with Crippen LogP contribution < -0.4 is 0 Å². The van der Waals surface area contributed by atoms with E-state index in [1.165, 1.54) is 205 Å². The zero-order valence-electron chi connectivity index (χ0n) is 78.2. The summed E-state index contributed by atoms with van der Waals surface area (Å²) < 4.78 is 25.0. The van der Waals surface area contributed by atoms with Gasteiger partial charge in [0.15, 0.2) is 0 Å². The van der Waals surface area contributed by atoms with Gasteiger partial charge in [0.05, 0.1) is 71.5 Å². The van der Waals surface area contributed by atoms with E-state index in [9.17, 15) is 0 Å². The normalized spacial score (nSPS) is 11.2. The fourth-order valence-corrected chi connectivity index (χ4v) is 28.6. The average Bonchev–Trinajstić information content (AvgIpc) is 1.64. The largest absolute Gasteiger partial charge is 0.264 e. The smallest absolute Gasteiger partial charge is 0.125 e. The van der Waals surface area contributed by atoms with Crippen LogP contribution in [0.4, 0.5) is 0 Å². The van der Waals surface area contributed by atoms with Gasteiger partial charge in [-0.05, 0) is 241 Å². The van der Waals surface area contributed by atoms with Crippen molar-refractivity contribution in [3.8, 4) is 0 Å².